The van der Waals surface area contributed by atoms with Crippen molar-refractivity contribution in [3.63, 3.8) is 0 Å². The maximum absolute atomic E-state index is 5.50. The topological polar surface area (TPSA) is 9.23 Å². The Morgan fingerprint density at radius 2 is 2.07 bits per heavy atom. The highest BCUT2D eigenvalue weighted by Crippen LogP contribution is 2.16. The molecule has 1 aromatic rings. The second-order valence-electron chi connectivity index (χ2n) is 3.40. The zero-order chi connectivity index (χ0) is 10.2. The molecule has 76 valence electrons. The minimum absolute atomic E-state index is 0.945. The highest BCUT2D eigenvalue weighted by Gasteiger charge is 1.93. The number of ether oxygens (including phenoxy) is 1. The molecule has 0 saturated carbocycles. The Bertz CT molecular complexity index is 289. The molecule has 0 unspecified atom stereocenters. The van der Waals surface area contributed by atoms with Crippen LogP contribution in [0.4, 0.5) is 0 Å². The molecule has 0 atom stereocenters. The summed E-state index contributed by atoms with van der Waals surface area (Å²) in [6.07, 6.45) is 7.43. The van der Waals surface area contributed by atoms with E-state index in [4.69, 9.17) is 4.74 Å². The van der Waals surface area contributed by atoms with Crippen LogP contribution in [0, 0.1) is 6.92 Å². The maximum atomic E-state index is 5.50. The van der Waals surface area contributed by atoms with E-state index in [0.717, 1.165) is 12.2 Å². The summed E-state index contributed by atoms with van der Waals surface area (Å²) >= 11 is 0. The molecule has 0 aliphatic rings. The quantitative estimate of drug-likeness (QED) is 0.502. The maximum Gasteiger partial charge on any atom is 0.129 e. The summed E-state index contributed by atoms with van der Waals surface area (Å²) in [5.41, 5.74) is 1.17. The number of allylic oxidation sites excluding steroid dienone is 1. The number of hydrogen-bond donors (Lipinski definition) is 0. The van der Waals surface area contributed by atoms with E-state index in [1.54, 1.807) is 6.26 Å². The number of unbranched alkanes of at least 4 members (excludes halogenated alkanes) is 2. The van der Waals surface area contributed by atoms with E-state index in [1.807, 2.05) is 18.2 Å². The Kier molecular flexibility index (Phi) is 4.84. The first-order valence-corrected chi connectivity index (χ1v) is 5.22. The van der Waals surface area contributed by atoms with Crippen LogP contribution in [0.1, 0.15) is 31.7 Å². The van der Waals surface area contributed by atoms with Crippen molar-refractivity contribution in [2.45, 2.75) is 33.1 Å². The molecule has 0 spiro atoms. The van der Waals surface area contributed by atoms with Gasteiger partial charge in [-0.1, -0.05) is 31.5 Å². The highest BCUT2D eigenvalue weighted by molar-refractivity contribution is 5.32. The Morgan fingerprint density at radius 1 is 1.29 bits per heavy atom. The second kappa shape index (κ2) is 6.25. The smallest absolute Gasteiger partial charge is 0.129 e. The lowest BCUT2D eigenvalue weighted by Crippen LogP contribution is -1.84. The van der Waals surface area contributed by atoms with Crippen LogP contribution in [0.3, 0.4) is 0 Å². The van der Waals surface area contributed by atoms with Crippen molar-refractivity contribution in [1.29, 1.82) is 0 Å². The van der Waals surface area contributed by atoms with Crippen LogP contribution in [0.5, 0.6) is 5.75 Å². The van der Waals surface area contributed by atoms with Gasteiger partial charge in [0.05, 0.1) is 6.26 Å². The lowest BCUT2D eigenvalue weighted by atomic mass is 10.2. The summed E-state index contributed by atoms with van der Waals surface area (Å²) in [6.45, 7) is 4.24. The van der Waals surface area contributed by atoms with Gasteiger partial charge < -0.3 is 4.74 Å². The zero-order valence-corrected chi connectivity index (χ0v) is 8.99. The van der Waals surface area contributed by atoms with Gasteiger partial charge >= 0.3 is 0 Å². The van der Waals surface area contributed by atoms with Crippen LogP contribution in [0.15, 0.2) is 36.6 Å². The van der Waals surface area contributed by atoms with E-state index in [0.29, 0.717) is 0 Å². The fraction of sp³-hybridized carbons (Fsp3) is 0.385. The van der Waals surface area contributed by atoms with Crippen LogP contribution in [0.25, 0.3) is 0 Å². The molecule has 14 heavy (non-hydrogen) atoms. The van der Waals surface area contributed by atoms with Gasteiger partial charge in [0.1, 0.15) is 5.75 Å². The van der Waals surface area contributed by atoms with Gasteiger partial charge in [0.2, 0.25) is 0 Å². The zero-order valence-electron chi connectivity index (χ0n) is 8.99. The van der Waals surface area contributed by atoms with Crippen molar-refractivity contribution in [2.24, 2.45) is 0 Å². The molecule has 1 nitrogen and oxygen atoms in total. The first-order chi connectivity index (χ1) is 6.84. The van der Waals surface area contributed by atoms with E-state index in [9.17, 15) is 0 Å². The summed E-state index contributed by atoms with van der Waals surface area (Å²) in [6, 6.07) is 8.04. The average Bonchev–Trinajstić information content (AvgIpc) is 2.20. The van der Waals surface area contributed by atoms with Crippen LogP contribution < -0.4 is 4.74 Å². The molecule has 1 aromatic carbocycles. The molecular weight excluding hydrogens is 172 g/mol. The minimum atomic E-state index is 0.945. The summed E-state index contributed by atoms with van der Waals surface area (Å²) < 4.78 is 5.50. The van der Waals surface area contributed by atoms with Crippen molar-refractivity contribution >= 4 is 0 Å². The molecule has 1 rings (SSSR count). The number of hydrogen-bond acceptors (Lipinski definition) is 1. The molecule has 0 amide bonds. The molecule has 0 saturated heterocycles. The van der Waals surface area contributed by atoms with Gasteiger partial charge in [0, 0.05) is 0 Å². The Labute approximate surface area is 86.4 Å². The van der Waals surface area contributed by atoms with Crippen LogP contribution >= 0.6 is 0 Å². The summed E-state index contributed by atoms with van der Waals surface area (Å²) in [5.74, 6) is 0.945. The minimum Gasteiger partial charge on any atom is -0.465 e. The summed E-state index contributed by atoms with van der Waals surface area (Å²) in [7, 11) is 0. The molecule has 0 heterocycles. The number of para-hydroxylation sites is 1. The number of benzene rings is 1. The van der Waals surface area contributed by atoms with Crippen LogP contribution in [0.2, 0.25) is 0 Å². The van der Waals surface area contributed by atoms with Crippen LogP contribution in [-0.4, -0.2) is 0 Å². The van der Waals surface area contributed by atoms with Crippen molar-refractivity contribution < 1.29 is 4.74 Å². The number of rotatable bonds is 5. The van der Waals surface area contributed by atoms with E-state index >= 15 is 0 Å². The van der Waals surface area contributed by atoms with Crippen molar-refractivity contribution in [3.8, 4) is 5.75 Å². The number of aryl methyl sites for hydroxylation is 1. The van der Waals surface area contributed by atoms with Gasteiger partial charge in [-0.25, -0.2) is 0 Å². The predicted octanol–water partition coefficient (Wildman–Crippen LogP) is 4.08. The van der Waals surface area contributed by atoms with Crippen LogP contribution in [-0.2, 0) is 0 Å². The average molecular weight is 190 g/mol. The molecule has 0 aliphatic carbocycles. The molecule has 0 fully saturated rings. The third-order valence-electron chi connectivity index (χ3n) is 2.11. The molecule has 0 bridgehead atoms. The third kappa shape index (κ3) is 3.65. The molecule has 0 radical (unpaired) electrons. The predicted molar refractivity (Wildman–Crippen MR) is 60.5 cm³/mol. The monoisotopic (exact) mass is 190 g/mol. The van der Waals surface area contributed by atoms with Gasteiger partial charge in [0.25, 0.3) is 0 Å². The van der Waals surface area contributed by atoms with Crippen molar-refractivity contribution in [2.75, 3.05) is 0 Å². The van der Waals surface area contributed by atoms with E-state index in [-0.39, 0.29) is 0 Å². The fourth-order valence-corrected chi connectivity index (χ4v) is 1.20. The standard InChI is InChI=1S/C13H18O/c1-3-4-5-8-11-14-13-10-7-6-9-12(13)2/h6-11H,3-5H2,1-2H3/b11-8+. The molecule has 1 heteroatoms. The van der Waals surface area contributed by atoms with E-state index in [2.05, 4.69) is 26.0 Å². The van der Waals surface area contributed by atoms with Gasteiger partial charge in [-0.2, -0.15) is 0 Å². The second-order valence-corrected chi connectivity index (χ2v) is 3.40. The van der Waals surface area contributed by atoms with Crippen molar-refractivity contribution in [1.82, 2.24) is 0 Å². The summed E-state index contributed by atoms with van der Waals surface area (Å²) in [5, 5.41) is 0. The molecule has 0 aliphatic heterocycles. The fourth-order valence-electron chi connectivity index (χ4n) is 1.20. The summed E-state index contributed by atoms with van der Waals surface area (Å²) in [4.78, 5) is 0. The van der Waals surface area contributed by atoms with Gasteiger partial charge in [-0.05, 0) is 37.5 Å². The Hall–Kier alpha value is -1.24. The molecule has 0 N–H and O–H groups in total. The lowest BCUT2D eigenvalue weighted by molar-refractivity contribution is 0.474. The largest absolute Gasteiger partial charge is 0.465 e. The Balaban J connectivity index is 2.38. The van der Waals surface area contributed by atoms with Gasteiger partial charge in [-0.3, -0.25) is 0 Å². The van der Waals surface area contributed by atoms with E-state index in [1.165, 1.54) is 18.4 Å². The highest BCUT2D eigenvalue weighted by atomic mass is 16.5. The van der Waals surface area contributed by atoms with Gasteiger partial charge in [-0.15, -0.1) is 0 Å². The lowest BCUT2D eigenvalue weighted by Gasteiger charge is -2.02. The normalized spacial score (nSPS) is 10.7. The van der Waals surface area contributed by atoms with E-state index < -0.39 is 0 Å². The SMILES string of the molecule is CCCC/C=C/Oc1ccccc1C. The first-order valence-electron chi connectivity index (χ1n) is 5.22. The Morgan fingerprint density at radius 3 is 2.79 bits per heavy atom. The molecular formula is C13H18O. The first kappa shape index (κ1) is 10.8. The van der Waals surface area contributed by atoms with Crippen molar-refractivity contribution in [3.05, 3.63) is 42.2 Å². The third-order valence-corrected chi connectivity index (χ3v) is 2.11. The van der Waals surface area contributed by atoms with Gasteiger partial charge in [0.15, 0.2) is 0 Å². The molecule has 0 aromatic heterocycles.